The average molecular weight is 544 g/mol. The van der Waals surface area contributed by atoms with Crippen LogP contribution in [-0.4, -0.2) is 61.1 Å². The fraction of sp³-hybridized carbons (Fsp3) is 0.533. The Morgan fingerprint density at radius 3 is 2.56 bits per heavy atom. The first-order valence-corrected chi connectivity index (χ1v) is 13.9. The second kappa shape index (κ2) is 11.3. The van der Waals surface area contributed by atoms with Crippen LogP contribution in [0.5, 0.6) is 0 Å². The highest BCUT2D eigenvalue weighted by atomic mass is 19.4. The van der Waals surface area contributed by atoms with Crippen LogP contribution in [0.15, 0.2) is 48.5 Å². The normalized spacial score (nSPS) is 26.9. The number of benzene rings is 2. The Hall–Kier alpha value is -2.91. The van der Waals surface area contributed by atoms with Crippen LogP contribution in [0.25, 0.3) is 0 Å². The summed E-state index contributed by atoms with van der Waals surface area (Å²) in [4.78, 5) is 27.5. The summed E-state index contributed by atoms with van der Waals surface area (Å²) < 4.78 is 44.9. The second-order valence-electron chi connectivity index (χ2n) is 11.1. The number of fused-ring (bicyclic) bond motifs is 2. The van der Waals surface area contributed by atoms with E-state index in [-0.39, 0.29) is 24.3 Å². The van der Waals surface area contributed by atoms with Crippen LogP contribution in [0, 0.1) is 0 Å². The number of carbonyl (C=O) groups excluding carboxylic acids is 2. The maximum absolute atomic E-state index is 13.0. The number of likely N-dealkylation sites (tertiary alicyclic amines) is 1. The van der Waals surface area contributed by atoms with Crippen molar-refractivity contribution in [2.24, 2.45) is 0 Å². The van der Waals surface area contributed by atoms with Gasteiger partial charge in [-0.05, 0) is 80.2 Å². The number of hydrogen-bond acceptors (Lipinski definition) is 4. The van der Waals surface area contributed by atoms with E-state index < -0.39 is 23.6 Å². The van der Waals surface area contributed by atoms with Gasteiger partial charge in [-0.25, -0.2) is 0 Å². The maximum Gasteiger partial charge on any atom is 0.416 e. The molecule has 39 heavy (non-hydrogen) atoms. The van der Waals surface area contributed by atoms with E-state index in [9.17, 15) is 22.8 Å². The van der Waals surface area contributed by atoms with Crippen molar-refractivity contribution in [3.05, 3.63) is 70.8 Å². The van der Waals surface area contributed by atoms with Gasteiger partial charge in [0.25, 0.3) is 5.91 Å². The Balaban J connectivity index is 1.14. The predicted molar refractivity (Wildman–Crippen MR) is 141 cm³/mol. The molecule has 2 aliphatic carbocycles. The van der Waals surface area contributed by atoms with Gasteiger partial charge in [-0.3, -0.25) is 14.5 Å². The molecule has 1 heterocycles. The van der Waals surface area contributed by atoms with Gasteiger partial charge in [0.1, 0.15) is 0 Å². The molecule has 2 aromatic rings. The second-order valence-corrected chi connectivity index (χ2v) is 11.1. The van der Waals surface area contributed by atoms with E-state index in [2.05, 4.69) is 39.8 Å². The summed E-state index contributed by atoms with van der Waals surface area (Å²) in [7, 11) is 0. The molecule has 0 aromatic heterocycles. The summed E-state index contributed by atoms with van der Waals surface area (Å²) in [6.07, 6.45) is 2.26. The SMILES string of the molecule is CCOC1CN(C2CCC3(CCc4ccccc43)CC2)C[C@@H]1NC(=O)CNC(=O)c1cccc(C(F)(F)F)c1. The molecule has 1 saturated heterocycles. The summed E-state index contributed by atoms with van der Waals surface area (Å²) in [6, 6.07) is 13.2. The van der Waals surface area contributed by atoms with Crippen molar-refractivity contribution in [3.8, 4) is 0 Å². The van der Waals surface area contributed by atoms with Crippen LogP contribution in [0.1, 0.15) is 66.1 Å². The van der Waals surface area contributed by atoms with Gasteiger partial charge < -0.3 is 15.4 Å². The Morgan fingerprint density at radius 2 is 1.82 bits per heavy atom. The summed E-state index contributed by atoms with van der Waals surface area (Å²) in [5.74, 6) is -1.12. The average Bonchev–Trinajstić information content (AvgIpc) is 3.49. The molecule has 2 atom stereocenters. The molecule has 6 nitrogen and oxygen atoms in total. The molecule has 9 heteroatoms. The standard InChI is InChI=1S/C30H36F3N3O3/c1-2-39-26-19-36(23-11-14-29(15-12-23)13-10-20-6-3-4-9-24(20)29)18-25(26)35-27(37)17-34-28(38)21-7-5-8-22(16-21)30(31,32)33/h3-9,16,23,25-26H,2,10-15,17-19H2,1H3,(H,34,38)(H,35,37)/t23?,25-,26?,29?/m0/s1. The molecule has 2 fully saturated rings. The highest BCUT2D eigenvalue weighted by Gasteiger charge is 2.44. The van der Waals surface area contributed by atoms with Crippen molar-refractivity contribution in [1.82, 2.24) is 15.5 Å². The molecule has 2 N–H and O–H groups in total. The Bertz CT molecular complexity index is 1190. The molecule has 1 unspecified atom stereocenters. The van der Waals surface area contributed by atoms with Gasteiger partial charge in [-0.15, -0.1) is 0 Å². The number of hydrogen-bond donors (Lipinski definition) is 2. The topological polar surface area (TPSA) is 70.7 Å². The lowest BCUT2D eigenvalue weighted by Crippen LogP contribution is -2.48. The highest BCUT2D eigenvalue weighted by Crippen LogP contribution is 2.49. The van der Waals surface area contributed by atoms with Crippen LogP contribution >= 0.6 is 0 Å². The van der Waals surface area contributed by atoms with E-state index in [1.165, 1.54) is 42.5 Å². The van der Waals surface area contributed by atoms with Crippen molar-refractivity contribution in [3.63, 3.8) is 0 Å². The lowest BCUT2D eigenvalue weighted by molar-refractivity contribution is -0.137. The van der Waals surface area contributed by atoms with E-state index >= 15 is 0 Å². The first-order chi connectivity index (χ1) is 18.7. The Kier molecular flexibility index (Phi) is 8.01. The molecule has 2 amide bonds. The van der Waals surface area contributed by atoms with Gasteiger partial charge in [0.15, 0.2) is 0 Å². The molecule has 1 aliphatic heterocycles. The van der Waals surface area contributed by atoms with E-state index in [4.69, 9.17) is 4.74 Å². The van der Waals surface area contributed by atoms with Gasteiger partial charge in [-0.2, -0.15) is 13.2 Å². The fourth-order valence-electron chi connectivity index (χ4n) is 6.78. The van der Waals surface area contributed by atoms with Crippen LogP contribution in [0.3, 0.4) is 0 Å². The number of alkyl halides is 3. The third-order valence-electron chi connectivity index (χ3n) is 8.77. The molecule has 2 aromatic carbocycles. The number of amides is 2. The van der Waals surface area contributed by atoms with Gasteiger partial charge in [0.05, 0.1) is 24.3 Å². The quantitative estimate of drug-likeness (QED) is 0.541. The van der Waals surface area contributed by atoms with Crippen molar-refractivity contribution in [2.45, 2.75) is 75.2 Å². The molecule has 0 radical (unpaired) electrons. The van der Waals surface area contributed by atoms with Crippen LogP contribution in [0.4, 0.5) is 13.2 Å². The van der Waals surface area contributed by atoms with Crippen LogP contribution in [-0.2, 0) is 27.5 Å². The first-order valence-electron chi connectivity index (χ1n) is 13.9. The Morgan fingerprint density at radius 1 is 1.05 bits per heavy atom. The number of rotatable bonds is 7. The zero-order chi connectivity index (χ0) is 27.6. The number of carbonyl (C=O) groups is 2. The number of halogens is 3. The van der Waals surface area contributed by atoms with Crippen molar-refractivity contribution < 1.29 is 27.5 Å². The highest BCUT2D eigenvalue weighted by molar-refractivity contribution is 5.96. The lowest BCUT2D eigenvalue weighted by atomic mass is 9.69. The van der Waals surface area contributed by atoms with Crippen molar-refractivity contribution in [2.75, 3.05) is 26.2 Å². The predicted octanol–water partition coefficient (Wildman–Crippen LogP) is 4.47. The molecule has 3 aliphatic rings. The zero-order valence-corrected chi connectivity index (χ0v) is 22.2. The molecule has 5 rings (SSSR count). The number of ether oxygens (including phenoxy) is 1. The van der Waals surface area contributed by atoms with E-state index in [1.807, 2.05) is 6.92 Å². The first kappa shape index (κ1) is 27.6. The van der Waals surface area contributed by atoms with Gasteiger partial charge in [0, 0.05) is 31.3 Å². The van der Waals surface area contributed by atoms with Crippen LogP contribution in [0.2, 0.25) is 0 Å². The molecule has 0 bridgehead atoms. The summed E-state index contributed by atoms with van der Waals surface area (Å²) in [5, 5.41) is 5.42. The summed E-state index contributed by atoms with van der Waals surface area (Å²) in [6.45, 7) is 3.55. The van der Waals surface area contributed by atoms with Crippen molar-refractivity contribution >= 4 is 11.8 Å². The number of aryl methyl sites for hydroxylation is 1. The van der Waals surface area contributed by atoms with Crippen LogP contribution < -0.4 is 10.6 Å². The third kappa shape index (κ3) is 5.99. The molecular weight excluding hydrogens is 507 g/mol. The lowest BCUT2D eigenvalue weighted by Gasteiger charge is -2.41. The monoisotopic (exact) mass is 543 g/mol. The molecule has 1 spiro atoms. The Labute approximate surface area is 227 Å². The minimum atomic E-state index is -4.54. The van der Waals surface area contributed by atoms with E-state index in [1.54, 1.807) is 0 Å². The molecule has 210 valence electrons. The third-order valence-corrected chi connectivity index (χ3v) is 8.77. The zero-order valence-electron chi connectivity index (χ0n) is 22.2. The summed E-state index contributed by atoms with van der Waals surface area (Å²) in [5.41, 5.74) is 2.29. The largest absolute Gasteiger partial charge is 0.416 e. The van der Waals surface area contributed by atoms with Gasteiger partial charge in [0.2, 0.25) is 5.91 Å². The fourth-order valence-corrected chi connectivity index (χ4v) is 6.78. The van der Waals surface area contributed by atoms with Gasteiger partial charge in [-0.1, -0.05) is 30.3 Å². The maximum atomic E-state index is 13.0. The van der Waals surface area contributed by atoms with Gasteiger partial charge >= 0.3 is 6.18 Å². The molecule has 1 saturated carbocycles. The minimum absolute atomic E-state index is 0.142. The smallest absolute Gasteiger partial charge is 0.375 e. The van der Waals surface area contributed by atoms with E-state index in [0.717, 1.165) is 37.9 Å². The van der Waals surface area contributed by atoms with E-state index in [0.29, 0.717) is 24.6 Å². The number of nitrogens with one attached hydrogen (secondary N) is 2. The van der Waals surface area contributed by atoms with Crippen molar-refractivity contribution in [1.29, 1.82) is 0 Å². The minimum Gasteiger partial charge on any atom is -0.375 e. The molecular formula is C30H36F3N3O3. The summed E-state index contributed by atoms with van der Waals surface area (Å²) >= 11 is 0. The number of nitrogens with zero attached hydrogens (tertiary/aromatic N) is 1.